The molecule has 2 N–H and O–H groups in total. The summed E-state index contributed by atoms with van der Waals surface area (Å²) in [4.78, 5) is 40.1. The number of carbonyl (C=O) groups is 1. The molecule has 0 saturated carbocycles. The van der Waals surface area contributed by atoms with Crippen molar-refractivity contribution in [1.29, 1.82) is 0 Å². The number of fused-ring (bicyclic) bond motifs is 1. The number of halogens is 2. The third kappa shape index (κ3) is 7.82. The van der Waals surface area contributed by atoms with E-state index >= 15 is 0 Å². The van der Waals surface area contributed by atoms with Crippen LogP contribution in [0.3, 0.4) is 0 Å². The molecule has 0 aliphatic rings. The fourth-order valence-corrected chi connectivity index (χ4v) is 5.73. The van der Waals surface area contributed by atoms with Crippen LogP contribution < -0.4 is 5.56 Å². The first-order valence-corrected chi connectivity index (χ1v) is 16.1. The Balaban J connectivity index is 1.18. The maximum Gasteiger partial charge on any atom is 0.264 e. The van der Waals surface area contributed by atoms with Crippen molar-refractivity contribution in [2.24, 2.45) is 4.99 Å². The summed E-state index contributed by atoms with van der Waals surface area (Å²) in [6.45, 7) is 0.771. The van der Waals surface area contributed by atoms with Crippen LogP contribution in [-0.4, -0.2) is 50.1 Å². The number of nitrogens with one attached hydrogen (secondary N) is 1. The Morgan fingerprint density at radius 3 is 2.46 bits per heavy atom. The molecule has 0 aliphatic carbocycles. The zero-order chi connectivity index (χ0) is 35.2. The number of aromatic nitrogens is 3. The molecule has 8 nitrogen and oxygen atoms in total. The van der Waals surface area contributed by atoms with E-state index in [1.165, 1.54) is 28.7 Å². The van der Waals surface area contributed by atoms with Gasteiger partial charge in [-0.1, -0.05) is 72.8 Å². The number of carbonyl (C=O) groups excluding carboxylic acids is 1. The van der Waals surface area contributed by atoms with E-state index in [1.807, 2.05) is 86.9 Å². The first-order valence-electron chi connectivity index (χ1n) is 16.1. The topological polar surface area (TPSA) is 104 Å². The molecule has 6 aromatic rings. The normalized spacial score (nSPS) is 12.0. The van der Waals surface area contributed by atoms with Crippen molar-refractivity contribution in [3.63, 3.8) is 0 Å². The van der Waals surface area contributed by atoms with E-state index in [9.17, 15) is 23.5 Å². The van der Waals surface area contributed by atoms with Gasteiger partial charge in [-0.15, -0.1) is 0 Å². The molecular formula is C40H35F2N5O3. The Morgan fingerprint density at radius 2 is 1.72 bits per heavy atom. The fraction of sp³-hybridized carbons (Fsp3) is 0.150. The monoisotopic (exact) mass is 671 g/mol. The number of rotatable bonds is 12. The molecule has 0 amide bonds. The van der Waals surface area contributed by atoms with E-state index in [0.29, 0.717) is 23.3 Å². The first kappa shape index (κ1) is 33.9. The number of aromatic amines is 1. The standard InChI is InChI=1S/C40H35F2N5O3/c1-46(2)23-27-12-16-30(17-13-27)44-38(29-9-4-3-5-10-29)37-31-18-14-26(21-35(31)45-39(37)49)8-6-7-11-36(48)32-22-43-25-47(40(32)50)24-28-15-19-33(41)34(42)20-28/h3-6,8-10,12-22,25,45,49H,7,11,23-24H2,1-2H3/b8-6+,44-38?. The highest BCUT2D eigenvalue weighted by molar-refractivity contribution is 6.22. The van der Waals surface area contributed by atoms with Gasteiger partial charge >= 0.3 is 0 Å². The van der Waals surface area contributed by atoms with Gasteiger partial charge < -0.3 is 15.0 Å². The highest BCUT2D eigenvalue weighted by Gasteiger charge is 2.19. The van der Waals surface area contributed by atoms with Crippen molar-refractivity contribution in [2.75, 3.05) is 14.1 Å². The Hall–Kier alpha value is -6.00. The lowest BCUT2D eigenvalue weighted by atomic mass is 10.00. The van der Waals surface area contributed by atoms with E-state index in [0.717, 1.165) is 46.4 Å². The number of aromatic hydroxyl groups is 1. The lowest BCUT2D eigenvalue weighted by molar-refractivity contribution is 0.0981. The molecule has 6 rings (SSSR count). The molecule has 0 atom stereocenters. The molecular weight excluding hydrogens is 636 g/mol. The highest BCUT2D eigenvalue weighted by atomic mass is 19.2. The summed E-state index contributed by atoms with van der Waals surface area (Å²) in [5, 5.41) is 12.0. The van der Waals surface area contributed by atoms with Crippen molar-refractivity contribution < 1.29 is 18.7 Å². The van der Waals surface area contributed by atoms with Gasteiger partial charge in [-0.05, 0) is 67.5 Å². The smallest absolute Gasteiger partial charge is 0.264 e. The molecule has 2 heterocycles. The first-order chi connectivity index (χ1) is 24.2. The van der Waals surface area contributed by atoms with Crippen molar-refractivity contribution in [3.8, 4) is 5.88 Å². The molecule has 10 heteroatoms. The molecule has 50 heavy (non-hydrogen) atoms. The van der Waals surface area contributed by atoms with Crippen molar-refractivity contribution >= 4 is 34.2 Å². The van der Waals surface area contributed by atoms with Gasteiger partial charge in [0.15, 0.2) is 23.3 Å². The maximum atomic E-state index is 13.6. The summed E-state index contributed by atoms with van der Waals surface area (Å²) < 4.78 is 28.1. The van der Waals surface area contributed by atoms with Crippen molar-refractivity contribution in [3.05, 3.63) is 165 Å². The van der Waals surface area contributed by atoms with Gasteiger partial charge in [0.1, 0.15) is 5.56 Å². The van der Waals surface area contributed by atoms with Crippen LogP contribution >= 0.6 is 0 Å². The Kier molecular flexibility index (Phi) is 10.2. The second-order valence-electron chi connectivity index (χ2n) is 12.2. The van der Waals surface area contributed by atoms with Crippen LogP contribution in [0.2, 0.25) is 0 Å². The van der Waals surface area contributed by atoms with Gasteiger partial charge in [-0.3, -0.25) is 14.2 Å². The third-order valence-electron chi connectivity index (χ3n) is 8.15. The van der Waals surface area contributed by atoms with Gasteiger partial charge in [-0.2, -0.15) is 0 Å². The summed E-state index contributed by atoms with van der Waals surface area (Å²) in [6, 6.07) is 26.9. The van der Waals surface area contributed by atoms with Gasteiger partial charge in [0.05, 0.1) is 29.8 Å². The van der Waals surface area contributed by atoms with E-state index in [-0.39, 0.29) is 30.2 Å². The zero-order valence-electron chi connectivity index (χ0n) is 27.6. The number of hydrogen-bond acceptors (Lipinski definition) is 6. The Labute approximate surface area is 287 Å². The van der Waals surface area contributed by atoms with Crippen LogP contribution in [0.25, 0.3) is 17.0 Å². The van der Waals surface area contributed by atoms with Crippen molar-refractivity contribution in [1.82, 2.24) is 19.4 Å². The average molecular weight is 672 g/mol. The summed E-state index contributed by atoms with van der Waals surface area (Å²) in [5.41, 5.74) is 5.35. The SMILES string of the molecule is CN(C)Cc1ccc(N=C(c2ccccc2)c2c(O)[nH]c3cc(/C=C/CCC(=O)c4cncn(Cc5ccc(F)c(F)c5)c4=O)ccc23)cc1. The van der Waals surface area contributed by atoms with Gasteiger partial charge in [0.25, 0.3) is 5.56 Å². The predicted molar refractivity (Wildman–Crippen MR) is 192 cm³/mol. The van der Waals surface area contributed by atoms with E-state index in [1.54, 1.807) is 0 Å². The number of Topliss-reactive ketones (excluding diaryl/α,β-unsaturated/α-hetero) is 1. The summed E-state index contributed by atoms with van der Waals surface area (Å²) in [5.74, 6) is -2.36. The van der Waals surface area contributed by atoms with Crippen LogP contribution in [-0.2, 0) is 13.1 Å². The van der Waals surface area contributed by atoms with Crippen LogP contribution in [0.4, 0.5) is 14.5 Å². The molecule has 252 valence electrons. The Morgan fingerprint density at radius 1 is 0.960 bits per heavy atom. The zero-order valence-corrected chi connectivity index (χ0v) is 27.6. The van der Waals surface area contributed by atoms with Crippen LogP contribution in [0.15, 0.2) is 119 Å². The number of H-pyrrole nitrogens is 1. The molecule has 4 aromatic carbocycles. The number of benzene rings is 4. The second-order valence-corrected chi connectivity index (χ2v) is 12.2. The third-order valence-corrected chi connectivity index (χ3v) is 8.15. The number of aliphatic imine (C=N–C) groups is 1. The molecule has 0 unspecified atom stereocenters. The average Bonchev–Trinajstić information content (AvgIpc) is 3.43. The number of allylic oxidation sites excluding steroid dienone is 1. The molecule has 0 saturated heterocycles. The van der Waals surface area contributed by atoms with E-state index in [2.05, 4.69) is 27.0 Å². The van der Waals surface area contributed by atoms with Crippen LogP contribution in [0.1, 0.15) is 51.0 Å². The predicted octanol–water partition coefficient (Wildman–Crippen LogP) is 7.66. The number of ketones is 1. The Bertz CT molecular complexity index is 2270. The van der Waals surface area contributed by atoms with E-state index < -0.39 is 17.2 Å². The molecule has 0 fully saturated rings. The molecule has 0 aliphatic heterocycles. The maximum absolute atomic E-state index is 13.6. The minimum atomic E-state index is -1.02. The lowest BCUT2D eigenvalue weighted by Gasteiger charge is -2.10. The fourth-order valence-electron chi connectivity index (χ4n) is 5.73. The quantitative estimate of drug-likeness (QED) is 0.103. The summed E-state index contributed by atoms with van der Waals surface area (Å²) >= 11 is 0. The molecule has 2 aromatic heterocycles. The number of nitrogens with zero attached hydrogens (tertiary/aromatic N) is 4. The molecule has 0 bridgehead atoms. The summed E-state index contributed by atoms with van der Waals surface area (Å²) in [6.07, 6.45) is 6.65. The molecule has 0 spiro atoms. The van der Waals surface area contributed by atoms with E-state index in [4.69, 9.17) is 4.99 Å². The van der Waals surface area contributed by atoms with Gasteiger partial charge in [0, 0.05) is 35.6 Å². The second kappa shape index (κ2) is 15.0. The number of hydrogen-bond donors (Lipinski definition) is 2. The summed E-state index contributed by atoms with van der Waals surface area (Å²) in [7, 11) is 4.05. The lowest BCUT2D eigenvalue weighted by Crippen LogP contribution is -2.27. The van der Waals surface area contributed by atoms with Gasteiger partial charge in [-0.25, -0.2) is 18.8 Å². The molecule has 0 radical (unpaired) electrons. The minimum Gasteiger partial charge on any atom is -0.494 e. The van der Waals surface area contributed by atoms with Crippen LogP contribution in [0, 0.1) is 11.6 Å². The minimum absolute atomic E-state index is 0.00486. The highest BCUT2D eigenvalue weighted by Crippen LogP contribution is 2.32. The van der Waals surface area contributed by atoms with Gasteiger partial charge in [0.2, 0.25) is 0 Å². The van der Waals surface area contributed by atoms with Crippen LogP contribution in [0.5, 0.6) is 5.88 Å². The largest absolute Gasteiger partial charge is 0.494 e. The van der Waals surface area contributed by atoms with Crippen molar-refractivity contribution in [2.45, 2.75) is 25.9 Å².